The minimum Gasteiger partial charge on any atom is -0.387 e. The number of carbonyl (C=O) groups excluding carboxylic acids is 1. The zero-order valence-electron chi connectivity index (χ0n) is 10.8. The van der Waals surface area contributed by atoms with Crippen LogP contribution in [0.4, 0.5) is 4.39 Å². The highest BCUT2D eigenvalue weighted by Crippen LogP contribution is 2.20. The SMILES string of the molecule is Cc1[nH]ccc1C(=O)NCC(O)c1ccc(Cl)c(F)c1. The molecule has 3 N–H and O–H groups in total. The number of carbonyl (C=O) groups is 1. The van der Waals surface area contributed by atoms with Crippen molar-refractivity contribution in [3.8, 4) is 0 Å². The van der Waals surface area contributed by atoms with E-state index in [0.29, 0.717) is 11.1 Å². The highest BCUT2D eigenvalue weighted by Gasteiger charge is 2.14. The van der Waals surface area contributed by atoms with E-state index in [4.69, 9.17) is 11.6 Å². The van der Waals surface area contributed by atoms with E-state index < -0.39 is 11.9 Å². The Bertz CT molecular complexity index is 627. The largest absolute Gasteiger partial charge is 0.387 e. The van der Waals surface area contributed by atoms with E-state index in [-0.39, 0.29) is 17.5 Å². The lowest BCUT2D eigenvalue weighted by atomic mass is 10.1. The summed E-state index contributed by atoms with van der Waals surface area (Å²) in [7, 11) is 0. The van der Waals surface area contributed by atoms with E-state index in [1.807, 2.05) is 0 Å². The molecule has 0 saturated carbocycles. The van der Waals surface area contributed by atoms with E-state index in [0.717, 1.165) is 11.8 Å². The normalized spacial score (nSPS) is 12.2. The van der Waals surface area contributed by atoms with E-state index in [1.165, 1.54) is 12.1 Å². The first-order valence-corrected chi connectivity index (χ1v) is 6.42. The van der Waals surface area contributed by atoms with Crippen molar-refractivity contribution in [1.29, 1.82) is 0 Å². The Labute approximate surface area is 120 Å². The molecule has 0 radical (unpaired) electrons. The Kier molecular flexibility index (Phi) is 4.42. The van der Waals surface area contributed by atoms with Crippen LogP contribution in [0.3, 0.4) is 0 Å². The van der Waals surface area contributed by atoms with Gasteiger partial charge < -0.3 is 15.4 Å². The van der Waals surface area contributed by atoms with Gasteiger partial charge in [0.1, 0.15) is 5.82 Å². The molecule has 1 heterocycles. The molecule has 1 amide bonds. The van der Waals surface area contributed by atoms with Gasteiger partial charge in [-0.05, 0) is 30.7 Å². The number of aryl methyl sites for hydroxylation is 1. The fourth-order valence-electron chi connectivity index (χ4n) is 1.82. The summed E-state index contributed by atoms with van der Waals surface area (Å²) in [6.07, 6.45) is 0.667. The average molecular weight is 297 g/mol. The third-order valence-corrected chi connectivity index (χ3v) is 3.29. The van der Waals surface area contributed by atoms with Crippen molar-refractivity contribution in [3.05, 3.63) is 58.1 Å². The number of aliphatic hydroxyl groups excluding tert-OH is 1. The number of hydrogen-bond acceptors (Lipinski definition) is 2. The zero-order chi connectivity index (χ0) is 14.7. The fourth-order valence-corrected chi connectivity index (χ4v) is 1.94. The summed E-state index contributed by atoms with van der Waals surface area (Å²) in [5.74, 6) is -0.895. The van der Waals surface area contributed by atoms with Gasteiger partial charge in [0.2, 0.25) is 0 Å². The van der Waals surface area contributed by atoms with Crippen LogP contribution in [0.1, 0.15) is 27.7 Å². The van der Waals surface area contributed by atoms with Gasteiger partial charge in [-0.2, -0.15) is 0 Å². The van der Waals surface area contributed by atoms with Gasteiger partial charge in [0.05, 0.1) is 16.7 Å². The second-order valence-electron chi connectivity index (χ2n) is 4.42. The van der Waals surface area contributed by atoms with E-state index >= 15 is 0 Å². The van der Waals surface area contributed by atoms with E-state index in [2.05, 4.69) is 10.3 Å². The quantitative estimate of drug-likeness (QED) is 0.812. The first kappa shape index (κ1) is 14.6. The lowest BCUT2D eigenvalue weighted by molar-refractivity contribution is 0.0916. The molecule has 1 aromatic carbocycles. The topological polar surface area (TPSA) is 65.1 Å². The Morgan fingerprint density at radius 3 is 2.85 bits per heavy atom. The second-order valence-corrected chi connectivity index (χ2v) is 4.82. The molecule has 0 bridgehead atoms. The molecule has 0 saturated heterocycles. The third kappa shape index (κ3) is 3.18. The fraction of sp³-hybridized carbons (Fsp3) is 0.214. The maximum Gasteiger partial charge on any atom is 0.253 e. The van der Waals surface area contributed by atoms with E-state index in [1.54, 1.807) is 19.2 Å². The van der Waals surface area contributed by atoms with Crippen LogP contribution >= 0.6 is 11.6 Å². The smallest absolute Gasteiger partial charge is 0.253 e. The first-order chi connectivity index (χ1) is 9.49. The van der Waals surface area contributed by atoms with Crippen molar-refractivity contribution in [3.63, 3.8) is 0 Å². The molecule has 0 spiro atoms. The summed E-state index contributed by atoms with van der Waals surface area (Å²) < 4.78 is 13.3. The summed E-state index contributed by atoms with van der Waals surface area (Å²) in [5.41, 5.74) is 1.62. The lowest BCUT2D eigenvalue weighted by Gasteiger charge is -2.12. The number of rotatable bonds is 4. The molecular formula is C14H14ClFN2O2. The molecule has 1 unspecified atom stereocenters. The summed E-state index contributed by atoms with van der Waals surface area (Å²) in [4.78, 5) is 14.7. The van der Waals surface area contributed by atoms with Crippen molar-refractivity contribution in [2.75, 3.05) is 6.54 Å². The van der Waals surface area contributed by atoms with Crippen LogP contribution in [0, 0.1) is 12.7 Å². The third-order valence-electron chi connectivity index (χ3n) is 2.98. The Balaban J connectivity index is 1.98. The molecule has 20 heavy (non-hydrogen) atoms. The van der Waals surface area contributed by atoms with Crippen LogP contribution in [0.15, 0.2) is 30.5 Å². The number of amides is 1. The molecule has 106 valence electrons. The number of H-pyrrole nitrogens is 1. The number of nitrogens with one attached hydrogen (secondary N) is 2. The van der Waals surface area contributed by atoms with Crippen LogP contribution < -0.4 is 5.32 Å². The molecule has 6 heteroatoms. The minimum atomic E-state index is -0.995. The van der Waals surface area contributed by atoms with Crippen molar-refractivity contribution in [2.45, 2.75) is 13.0 Å². The van der Waals surface area contributed by atoms with E-state index in [9.17, 15) is 14.3 Å². The summed E-state index contributed by atoms with van der Waals surface area (Å²) >= 11 is 5.57. The molecule has 1 atom stereocenters. The van der Waals surface area contributed by atoms with Crippen LogP contribution in [0.2, 0.25) is 5.02 Å². The molecule has 0 fully saturated rings. The van der Waals surface area contributed by atoms with Crippen molar-refractivity contribution in [1.82, 2.24) is 10.3 Å². The molecule has 0 aliphatic carbocycles. The van der Waals surface area contributed by atoms with Crippen molar-refractivity contribution >= 4 is 17.5 Å². The maximum atomic E-state index is 13.3. The van der Waals surface area contributed by atoms with Crippen LogP contribution in [-0.4, -0.2) is 22.5 Å². The van der Waals surface area contributed by atoms with Gasteiger partial charge in [-0.15, -0.1) is 0 Å². The number of aliphatic hydroxyl groups is 1. The Morgan fingerprint density at radius 1 is 1.50 bits per heavy atom. The van der Waals surface area contributed by atoms with Crippen LogP contribution in [0.25, 0.3) is 0 Å². The minimum absolute atomic E-state index is 0.00654. The maximum absolute atomic E-state index is 13.3. The van der Waals surface area contributed by atoms with Gasteiger partial charge >= 0.3 is 0 Å². The van der Waals surface area contributed by atoms with Gasteiger partial charge in [-0.3, -0.25) is 4.79 Å². The van der Waals surface area contributed by atoms with Crippen molar-refractivity contribution < 1.29 is 14.3 Å². The number of aromatic nitrogens is 1. The number of hydrogen-bond donors (Lipinski definition) is 3. The first-order valence-electron chi connectivity index (χ1n) is 6.04. The molecular weight excluding hydrogens is 283 g/mol. The molecule has 4 nitrogen and oxygen atoms in total. The number of aromatic amines is 1. The predicted octanol–water partition coefficient (Wildman–Crippen LogP) is 2.58. The molecule has 2 rings (SSSR count). The summed E-state index contributed by atoms with van der Waals surface area (Å²) in [6.45, 7) is 1.77. The lowest BCUT2D eigenvalue weighted by Crippen LogP contribution is -2.28. The second kappa shape index (κ2) is 6.07. The molecule has 1 aromatic heterocycles. The predicted molar refractivity (Wildman–Crippen MR) is 74.2 cm³/mol. The number of benzene rings is 1. The Hall–Kier alpha value is -1.85. The van der Waals surface area contributed by atoms with Gasteiger partial charge in [0.25, 0.3) is 5.91 Å². The van der Waals surface area contributed by atoms with Gasteiger partial charge in [-0.1, -0.05) is 17.7 Å². The monoisotopic (exact) mass is 296 g/mol. The van der Waals surface area contributed by atoms with Gasteiger partial charge in [-0.25, -0.2) is 4.39 Å². The standard InChI is InChI=1S/C14H14ClFN2O2/c1-8-10(4-5-17-8)14(20)18-7-13(19)9-2-3-11(15)12(16)6-9/h2-6,13,17,19H,7H2,1H3,(H,18,20). The summed E-state index contributed by atoms with van der Waals surface area (Å²) in [5, 5.41) is 12.5. The highest BCUT2D eigenvalue weighted by molar-refractivity contribution is 6.30. The molecule has 0 aliphatic heterocycles. The van der Waals surface area contributed by atoms with Gasteiger partial charge in [0.15, 0.2) is 0 Å². The van der Waals surface area contributed by atoms with Crippen molar-refractivity contribution in [2.24, 2.45) is 0 Å². The molecule has 0 aliphatic rings. The average Bonchev–Trinajstić information content (AvgIpc) is 2.85. The zero-order valence-corrected chi connectivity index (χ0v) is 11.5. The van der Waals surface area contributed by atoms with Crippen LogP contribution in [-0.2, 0) is 0 Å². The van der Waals surface area contributed by atoms with Gasteiger partial charge in [0, 0.05) is 18.4 Å². The summed E-state index contributed by atoms with van der Waals surface area (Å²) in [6, 6.07) is 5.69. The van der Waals surface area contributed by atoms with Crippen LogP contribution in [0.5, 0.6) is 0 Å². The highest BCUT2D eigenvalue weighted by atomic mass is 35.5. The number of halogens is 2. The molecule has 2 aromatic rings. The Morgan fingerprint density at radius 2 is 2.25 bits per heavy atom.